The van der Waals surface area contributed by atoms with Crippen LogP contribution in [0.3, 0.4) is 0 Å². The van der Waals surface area contributed by atoms with Crippen molar-refractivity contribution in [1.29, 1.82) is 0 Å². The minimum atomic E-state index is -0.462. The van der Waals surface area contributed by atoms with Crippen molar-refractivity contribution in [3.8, 4) is 0 Å². The molecule has 2 aliphatic heterocycles. The van der Waals surface area contributed by atoms with Crippen LogP contribution in [0.25, 0.3) is 0 Å². The average Bonchev–Trinajstić information content (AvgIpc) is 2.84. The van der Waals surface area contributed by atoms with E-state index in [1.807, 2.05) is 0 Å². The van der Waals surface area contributed by atoms with Crippen LogP contribution in [-0.2, 0) is 14.3 Å². The summed E-state index contributed by atoms with van der Waals surface area (Å²) in [4.78, 5) is 53.8. The van der Waals surface area contributed by atoms with Crippen LogP contribution in [0.15, 0.2) is 22.7 Å². The Morgan fingerprint density at radius 3 is 2.30 bits per heavy atom. The summed E-state index contributed by atoms with van der Waals surface area (Å²) in [5.41, 5.74) is 0.609. The van der Waals surface area contributed by atoms with Crippen LogP contribution in [0.4, 0.5) is 0 Å². The average molecular weight is 438 g/mol. The maximum absolute atomic E-state index is 12.7. The second-order valence-electron chi connectivity index (χ2n) is 6.43. The van der Waals surface area contributed by atoms with E-state index in [4.69, 9.17) is 4.74 Å². The quantitative estimate of drug-likeness (QED) is 0.648. The zero-order chi connectivity index (χ0) is 19.6. The standard InChI is InChI=1S/C18H20BrN3O5/c1-27-11-16(24)21-6-2-5-20(7-8-21)15(23)10-22-17(25)13-4-3-12(19)9-14(13)18(22)26/h3-4,9H,2,5-8,10-11H2,1H3. The lowest BCUT2D eigenvalue weighted by Crippen LogP contribution is -2.44. The fourth-order valence-electron chi connectivity index (χ4n) is 3.27. The molecule has 9 heteroatoms. The minimum Gasteiger partial charge on any atom is -0.375 e. The van der Waals surface area contributed by atoms with Crippen LogP contribution in [0, 0.1) is 0 Å². The summed E-state index contributed by atoms with van der Waals surface area (Å²) >= 11 is 3.28. The van der Waals surface area contributed by atoms with Gasteiger partial charge in [-0.1, -0.05) is 15.9 Å². The van der Waals surface area contributed by atoms with Crippen molar-refractivity contribution in [1.82, 2.24) is 14.7 Å². The number of carbonyl (C=O) groups is 4. The lowest BCUT2D eigenvalue weighted by molar-refractivity contribution is -0.136. The van der Waals surface area contributed by atoms with Crippen LogP contribution in [0.1, 0.15) is 27.1 Å². The number of rotatable bonds is 4. The molecule has 0 radical (unpaired) electrons. The van der Waals surface area contributed by atoms with Gasteiger partial charge in [-0.2, -0.15) is 0 Å². The van der Waals surface area contributed by atoms with Gasteiger partial charge < -0.3 is 14.5 Å². The Hall–Kier alpha value is -2.26. The van der Waals surface area contributed by atoms with Gasteiger partial charge in [0.1, 0.15) is 13.2 Å². The smallest absolute Gasteiger partial charge is 0.262 e. The molecule has 0 spiro atoms. The molecule has 1 aromatic carbocycles. The first-order valence-corrected chi connectivity index (χ1v) is 9.42. The fourth-order valence-corrected chi connectivity index (χ4v) is 3.63. The minimum absolute atomic E-state index is 0.0124. The molecule has 0 atom stereocenters. The Labute approximate surface area is 165 Å². The first kappa shape index (κ1) is 19.5. The number of fused-ring (bicyclic) bond motifs is 1. The molecule has 1 aromatic rings. The van der Waals surface area contributed by atoms with E-state index in [-0.39, 0.29) is 25.0 Å². The first-order chi connectivity index (χ1) is 12.9. The van der Waals surface area contributed by atoms with Crippen LogP contribution < -0.4 is 0 Å². The molecule has 3 rings (SSSR count). The number of benzene rings is 1. The normalized spacial score (nSPS) is 17.2. The second-order valence-corrected chi connectivity index (χ2v) is 7.35. The van der Waals surface area contributed by atoms with Crippen LogP contribution in [-0.4, -0.2) is 84.8 Å². The first-order valence-electron chi connectivity index (χ1n) is 8.62. The number of halogens is 1. The van der Waals surface area contributed by atoms with Crippen molar-refractivity contribution in [2.45, 2.75) is 6.42 Å². The predicted octanol–water partition coefficient (Wildman–Crippen LogP) is 0.752. The van der Waals surface area contributed by atoms with Crippen LogP contribution >= 0.6 is 15.9 Å². The van der Waals surface area contributed by atoms with E-state index in [9.17, 15) is 19.2 Å². The highest BCUT2D eigenvalue weighted by Gasteiger charge is 2.37. The Kier molecular flexibility index (Phi) is 5.91. The molecule has 0 unspecified atom stereocenters. The van der Waals surface area contributed by atoms with E-state index < -0.39 is 11.8 Å². The summed E-state index contributed by atoms with van der Waals surface area (Å²) in [6.45, 7) is 1.51. The number of carbonyl (C=O) groups excluding carboxylic acids is 4. The van der Waals surface area contributed by atoms with Gasteiger partial charge in [0.25, 0.3) is 11.8 Å². The largest absolute Gasteiger partial charge is 0.375 e. The highest BCUT2D eigenvalue weighted by Crippen LogP contribution is 2.26. The number of ether oxygens (including phenoxy) is 1. The lowest BCUT2D eigenvalue weighted by atomic mass is 10.1. The van der Waals surface area contributed by atoms with Gasteiger partial charge in [0, 0.05) is 37.8 Å². The van der Waals surface area contributed by atoms with E-state index in [1.165, 1.54) is 7.11 Å². The zero-order valence-electron chi connectivity index (χ0n) is 14.9. The Balaban J connectivity index is 1.63. The lowest BCUT2D eigenvalue weighted by Gasteiger charge is -2.24. The predicted molar refractivity (Wildman–Crippen MR) is 99.2 cm³/mol. The van der Waals surface area contributed by atoms with Crippen molar-refractivity contribution in [2.24, 2.45) is 0 Å². The van der Waals surface area contributed by atoms with E-state index >= 15 is 0 Å². The zero-order valence-corrected chi connectivity index (χ0v) is 16.5. The van der Waals surface area contributed by atoms with Gasteiger partial charge >= 0.3 is 0 Å². The van der Waals surface area contributed by atoms with Gasteiger partial charge in [0.05, 0.1) is 11.1 Å². The molecule has 0 bridgehead atoms. The summed E-state index contributed by atoms with van der Waals surface area (Å²) in [6.07, 6.45) is 0.635. The summed E-state index contributed by atoms with van der Waals surface area (Å²) in [5, 5.41) is 0. The fraction of sp³-hybridized carbons (Fsp3) is 0.444. The van der Waals surface area contributed by atoms with Crippen molar-refractivity contribution in [2.75, 3.05) is 46.4 Å². The van der Waals surface area contributed by atoms with Crippen molar-refractivity contribution in [3.05, 3.63) is 33.8 Å². The van der Waals surface area contributed by atoms with Crippen molar-refractivity contribution in [3.63, 3.8) is 0 Å². The molecule has 4 amide bonds. The summed E-state index contributed by atoms with van der Waals surface area (Å²) in [6, 6.07) is 4.86. The van der Waals surface area contributed by atoms with E-state index in [0.717, 1.165) is 4.90 Å². The van der Waals surface area contributed by atoms with Gasteiger partial charge in [0.2, 0.25) is 11.8 Å². The Bertz CT molecular complexity index is 797. The van der Waals surface area contributed by atoms with E-state index in [1.54, 1.807) is 28.0 Å². The second kappa shape index (κ2) is 8.18. The van der Waals surface area contributed by atoms with Gasteiger partial charge in [-0.15, -0.1) is 0 Å². The Morgan fingerprint density at radius 1 is 1.00 bits per heavy atom. The molecule has 0 aliphatic carbocycles. The number of imide groups is 1. The van der Waals surface area contributed by atoms with Gasteiger partial charge in [-0.05, 0) is 24.6 Å². The van der Waals surface area contributed by atoms with Gasteiger partial charge in [0.15, 0.2) is 0 Å². The number of hydrogen-bond donors (Lipinski definition) is 0. The molecule has 0 saturated carbocycles. The molecule has 1 saturated heterocycles. The third-order valence-corrected chi connectivity index (χ3v) is 5.19. The molecule has 2 aliphatic rings. The topological polar surface area (TPSA) is 87.2 Å². The maximum Gasteiger partial charge on any atom is 0.262 e. The van der Waals surface area contributed by atoms with Crippen LogP contribution in [0.2, 0.25) is 0 Å². The molecule has 1 fully saturated rings. The van der Waals surface area contributed by atoms with Crippen molar-refractivity contribution >= 4 is 39.6 Å². The highest BCUT2D eigenvalue weighted by atomic mass is 79.9. The number of methoxy groups -OCH3 is 1. The Morgan fingerprint density at radius 2 is 1.63 bits per heavy atom. The van der Waals surface area contributed by atoms with Crippen molar-refractivity contribution < 1.29 is 23.9 Å². The maximum atomic E-state index is 12.7. The monoisotopic (exact) mass is 437 g/mol. The molecule has 0 N–H and O–H groups in total. The summed E-state index contributed by atoms with van der Waals surface area (Å²) in [7, 11) is 1.46. The summed E-state index contributed by atoms with van der Waals surface area (Å²) in [5.74, 6) is -1.33. The number of hydrogen-bond acceptors (Lipinski definition) is 5. The number of nitrogens with zero attached hydrogens (tertiary/aromatic N) is 3. The van der Waals surface area contributed by atoms with Gasteiger partial charge in [-0.3, -0.25) is 24.1 Å². The van der Waals surface area contributed by atoms with Crippen LogP contribution in [0.5, 0.6) is 0 Å². The molecule has 144 valence electrons. The SMILES string of the molecule is COCC(=O)N1CCCN(C(=O)CN2C(=O)c3ccc(Br)cc3C2=O)CC1. The number of amides is 4. The molecular formula is C18H20BrN3O5. The third kappa shape index (κ3) is 4.03. The summed E-state index contributed by atoms with van der Waals surface area (Å²) < 4.78 is 5.56. The molecule has 2 heterocycles. The molecule has 8 nitrogen and oxygen atoms in total. The highest BCUT2D eigenvalue weighted by molar-refractivity contribution is 9.10. The van der Waals surface area contributed by atoms with E-state index in [0.29, 0.717) is 48.2 Å². The van der Waals surface area contributed by atoms with Gasteiger partial charge in [-0.25, -0.2) is 0 Å². The molecular weight excluding hydrogens is 418 g/mol. The molecule has 0 aromatic heterocycles. The third-order valence-electron chi connectivity index (χ3n) is 4.70. The molecule has 27 heavy (non-hydrogen) atoms. The van der Waals surface area contributed by atoms with E-state index in [2.05, 4.69) is 15.9 Å².